The zero-order chi connectivity index (χ0) is 18.5. The Morgan fingerprint density at radius 2 is 1.73 bits per heavy atom. The Labute approximate surface area is 151 Å². The molecule has 2 aliphatic carbocycles. The summed E-state index contributed by atoms with van der Waals surface area (Å²) in [6.45, 7) is 1.48. The number of benzene rings is 2. The zero-order valence-electron chi connectivity index (χ0n) is 14.0. The van der Waals surface area contributed by atoms with Crippen molar-refractivity contribution in [1.29, 1.82) is 0 Å². The summed E-state index contributed by atoms with van der Waals surface area (Å²) in [6.07, 6.45) is 5.12. The van der Waals surface area contributed by atoms with E-state index in [-0.39, 0.29) is 0 Å². The lowest BCUT2D eigenvalue weighted by Gasteiger charge is -2.33. The van der Waals surface area contributed by atoms with E-state index in [9.17, 15) is 14.0 Å². The third-order valence-corrected chi connectivity index (χ3v) is 4.26. The highest BCUT2D eigenvalue weighted by Crippen LogP contribution is 2.29. The van der Waals surface area contributed by atoms with Gasteiger partial charge in [0.15, 0.2) is 0 Å². The number of hydrazine groups is 1. The van der Waals surface area contributed by atoms with E-state index in [1.54, 1.807) is 0 Å². The van der Waals surface area contributed by atoms with Crippen molar-refractivity contribution in [3.05, 3.63) is 59.9 Å². The van der Waals surface area contributed by atoms with Crippen LogP contribution in [0.25, 0.3) is 11.1 Å². The van der Waals surface area contributed by atoms with Crippen LogP contribution in [0, 0.1) is 18.2 Å². The number of fused-ring (bicyclic) bond motifs is 1. The monoisotopic (exact) mass is 351 g/mol. The van der Waals surface area contributed by atoms with E-state index >= 15 is 0 Å². The van der Waals surface area contributed by atoms with Gasteiger partial charge in [-0.05, 0) is 41.3 Å². The highest BCUT2D eigenvalue weighted by Gasteiger charge is 2.28. The Morgan fingerprint density at radius 1 is 1.12 bits per heavy atom. The molecular weight excluding hydrogens is 333 g/mol. The first-order valence-corrected chi connectivity index (χ1v) is 8.23. The van der Waals surface area contributed by atoms with Crippen LogP contribution in [0.15, 0.2) is 48.5 Å². The van der Waals surface area contributed by atoms with Crippen LogP contribution in [0.3, 0.4) is 0 Å². The van der Waals surface area contributed by atoms with Crippen LogP contribution >= 0.6 is 0 Å². The first-order valence-electron chi connectivity index (χ1n) is 8.23. The lowest BCUT2D eigenvalue weighted by Crippen LogP contribution is -2.60. The van der Waals surface area contributed by atoms with Crippen molar-refractivity contribution in [2.45, 2.75) is 6.04 Å². The molecule has 6 heteroatoms. The first kappa shape index (κ1) is 17.8. The molecule has 1 aromatic carbocycles. The van der Waals surface area contributed by atoms with Gasteiger partial charge in [-0.3, -0.25) is 15.0 Å². The number of hydrogen-bond donors (Lipinski definition) is 2. The van der Waals surface area contributed by atoms with Crippen molar-refractivity contribution in [3.8, 4) is 23.5 Å². The highest BCUT2D eigenvalue weighted by atomic mass is 19.1. The predicted octanol–water partition coefficient (Wildman–Crippen LogP) is 1.61. The van der Waals surface area contributed by atoms with Crippen molar-refractivity contribution < 1.29 is 14.0 Å². The predicted molar refractivity (Wildman–Crippen MR) is 96.5 cm³/mol. The van der Waals surface area contributed by atoms with Gasteiger partial charge in [0.25, 0.3) is 5.91 Å². The number of nitrogens with zero attached hydrogens (tertiary/aromatic N) is 1. The second kappa shape index (κ2) is 7.91. The number of ketones is 1. The van der Waals surface area contributed by atoms with Crippen molar-refractivity contribution in [2.24, 2.45) is 0 Å². The molecule has 1 heterocycles. The first-order chi connectivity index (χ1) is 12.6. The summed E-state index contributed by atoms with van der Waals surface area (Å²) in [5.41, 5.74) is 5.80. The lowest BCUT2D eigenvalue weighted by atomic mass is 9.95. The number of halogens is 1. The van der Waals surface area contributed by atoms with E-state index in [1.165, 1.54) is 40.4 Å². The van der Waals surface area contributed by atoms with Gasteiger partial charge in [-0.2, -0.15) is 0 Å². The van der Waals surface area contributed by atoms with Gasteiger partial charge in [0.2, 0.25) is 5.78 Å². The van der Waals surface area contributed by atoms with Crippen molar-refractivity contribution in [3.63, 3.8) is 0 Å². The van der Waals surface area contributed by atoms with E-state index in [0.29, 0.717) is 25.2 Å². The minimum Gasteiger partial charge on any atom is -0.313 e. The van der Waals surface area contributed by atoms with Crippen LogP contribution in [0.1, 0.15) is 10.4 Å². The molecule has 5 nitrogen and oxygen atoms in total. The van der Waals surface area contributed by atoms with Crippen LogP contribution in [-0.2, 0) is 4.79 Å². The van der Waals surface area contributed by atoms with Crippen molar-refractivity contribution in [1.82, 2.24) is 15.8 Å². The second-order valence-electron chi connectivity index (χ2n) is 5.95. The van der Waals surface area contributed by atoms with E-state index in [4.69, 9.17) is 6.42 Å². The topological polar surface area (TPSA) is 61.4 Å². The Balaban J connectivity index is 0.000000269. The summed E-state index contributed by atoms with van der Waals surface area (Å²) < 4.78 is 12.8. The fourth-order valence-corrected chi connectivity index (χ4v) is 2.63. The number of amides is 1. The molecule has 26 heavy (non-hydrogen) atoms. The third-order valence-electron chi connectivity index (χ3n) is 4.26. The van der Waals surface area contributed by atoms with Crippen LogP contribution in [0.5, 0.6) is 0 Å². The molecule has 1 unspecified atom stereocenters. The minimum absolute atomic E-state index is 0.317. The molecule has 1 atom stereocenters. The van der Waals surface area contributed by atoms with Crippen LogP contribution in [0.4, 0.5) is 4.39 Å². The summed E-state index contributed by atoms with van der Waals surface area (Å²) in [7, 11) is 0. The van der Waals surface area contributed by atoms with Gasteiger partial charge in [0.1, 0.15) is 11.9 Å². The molecule has 0 aromatic heterocycles. The maximum absolute atomic E-state index is 12.8. The Kier molecular flexibility index (Phi) is 5.42. The van der Waals surface area contributed by atoms with Crippen molar-refractivity contribution >= 4 is 11.7 Å². The van der Waals surface area contributed by atoms with Crippen molar-refractivity contribution in [2.75, 3.05) is 19.6 Å². The van der Waals surface area contributed by atoms with Crippen LogP contribution in [-0.4, -0.2) is 42.4 Å². The zero-order valence-corrected chi connectivity index (χ0v) is 14.0. The molecule has 0 spiro atoms. The SMILES string of the molecule is C#CC(=O)C1CNCCN1NC(=O)c1ccc(F)cc1.c1cc2ccc1-2. The van der Waals surface area contributed by atoms with Crippen LogP contribution in [0.2, 0.25) is 0 Å². The van der Waals surface area contributed by atoms with Gasteiger partial charge in [0, 0.05) is 25.2 Å². The molecule has 1 aromatic rings. The van der Waals surface area contributed by atoms with Crippen LogP contribution < -0.4 is 10.7 Å². The Hall–Kier alpha value is -3.01. The average molecular weight is 351 g/mol. The number of terminal acetylenes is 1. The molecule has 2 N–H and O–H groups in total. The minimum atomic E-state index is -0.585. The Morgan fingerprint density at radius 3 is 2.23 bits per heavy atom. The fourth-order valence-electron chi connectivity index (χ4n) is 2.63. The number of hydrogen-bond acceptors (Lipinski definition) is 4. The Bertz CT molecular complexity index is 820. The largest absolute Gasteiger partial charge is 0.313 e. The third kappa shape index (κ3) is 3.97. The molecule has 132 valence electrons. The summed E-state index contributed by atoms with van der Waals surface area (Å²) in [5, 5.41) is 4.56. The molecule has 3 aliphatic rings. The summed E-state index contributed by atoms with van der Waals surface area (Å²) in [5.74, 6) is 0.858. The quantitative estimate of drug-likeness (QED) is 0.556. The van der Waals surface area contributed by atoms with Gasteiger partial charge in [-0.25, -0.2) is 9.40 Å². The van der Waals surface area contributed by atoms with Gasteiger partial charge in [-0.1, -0.05) is 24.3 Å². The van der Waals surface area contributed by atoms with Gasteiger partial charge in [-0.15, -0.1) is 6.42 Å². The second-order valence-corrected chi connectivity index (χ2v) is 5.95. The molecule has 1 saturated heterocycles. The number of carbonyl (C=O) groups is 2. The van der Waals surface area contributed by atoms with E-state index in [0.717, 1.165) is 0 Å². The number of Topliss-reactive ketones (excluding diaryl/α,β-unsaturated/α-hetero) is 1. The highest BCUT2D eigenvalue weighted by molar-refractivity contribution is 6.00. The molecule has 0 bridgehead atoms. The number of piperazine rings is 1. The normalized spacial score (nSPS) is 17.3. The summed E-state index contributed by atoms with van der Waals surface area (Å²) in [6, 6.07) is 13.1. The molecule has 0 saturated carbocycles. The molecule has 1 fully saturated rings. The maximum Gasteiger partial charge on any atom is 0.265 e. The summed E-state index contributed by atoms with van der Waals surface area (Å²) >= 11 is 0. The maximum atomic E-state index is 12.8. The lowest BCUT2D eigenvalue weighted by molar-refractivity contribution is -0.120. The molecule has 0 radical (unpaired) electrons. The average Bonchev–Trinajstić information content (AvgIpc) is 2.65. The molecule has 1 aliphatic heterocycles. The van der Waals surface area contributed by atoms with E-state index in [1.807, 2.05) is 0 Å². The molecular formula is C20H18FN3O2. The smallest absolute Gasteiger partial charge is 0.265 e. The molecule has 1 amide bonds. The standard InChI is InChI=1S/C14H14FN3O2.C6H4/c1-2-13(19)12-9-16-7-8-18(12)17-14(20)10-3-5-11(15)6-4-10;1-2-6-4-3-5(1)6/h1,3-6,12,16H,7-9H2,(H,17,20);1-4H. The summed E-state index contributed by atoms with van der Waals surface area (Å²) in [4.78, 5) is 23.6. The van der Waals surface area contributed by atoms with E-state index in [2.05, 4.69) is 40.9 Å². The fraction of sp³-hybridized carbons (Fsp3) is 0.200. The van der Waals surface area contributed by atoms with Gasteiger partial charge >= 0.3 is 0 Å². The van der Waals surface area contributed by atoms with Gasteiger partial charge < -0.3 is 5.32 Å². The van der Waals surface area contributed by atoms with Gasteiger partial charge in [0.05, 0.1) is 0 Å². The number of rotatable bonds is 3. The number of nitrogens with one attached hydrogen (secondary N) is 2. The number of carbonyl (C=O) groups excluding carboxylic acids is 2. The molecule has 4 rings (SSSR count). The van der Waals surface area contributed by atoms with E-state index < -0.39 is 23.5 Å².